The summed E-state index contributed by atoms with van der Waals surface area (Å²) in [5, 5.41) is 3.70. The summed E-state index contributed by atoms with van der Waals surface area (Å²) in [4.78, 5) is 11.9. The van der Waals surface area contributed by atoms with E-state index in [9.17, 15) is 0 Å². The van der Waals surface area contributed by atoms with Crippen molar-refractivity contribution < 1.29 is 17.6 Å². The molecule has 0 aliphatic carbocycles. The number of aromatic amines is 4. The molecule has 1 aliphatic rings. The van der Waals surface area contributed by atoms with Gasteiger partial charge in [-0.15, -0.1) is 0 Å². The van der Waals surface area contributed by atoms with Gasteiger partial charge in [0.25, 0.3) is 0 Å². The van der Waals surface area contributed by atoms with Crippen LogP contribution in [0.25, 0.3) is 66.4 Å². The number of rotatable bonds is 0. The van der Waals surface area contributed by atoms with Crippen LogP contribution in [0.2, 0.25) is 0 Å². The zero-order valence-corrected chi connectivity index (χ0v) is 22.7. The van der Waals surface area contributed by atoms with E-state index >= 15 is 17.6 Å². The van der Waals surface area contributed by atoms with Crippen molar-refractivity contribution in [1.29, 1.82) is 0 Å². The average Bonchev–Trinajstić information content (AvgIpc) is 3.84. The summed E-state index contributed by atoms with van der Waals surface area (Å²) in [5.41, 5.74) is 0.160. The molecule has 8 heteroatoms. The lowest BCUT2D eigenvalue weighted by Gasteiger charge is -1.97. The van der Waals surface area contributed by atoms with Gasteiger partial charge in [-0.05, 0) is 0 Å². The molecule has 5 heterocycles. The van der Waals surface area contributed by atoms with Crippen LogP contribution in [0.5, 0.6) is 0 Å². The summed E-state index contributed by atoms with van der Waals surface area (Å²) in [5.74, 6) is -2.79. The molecule has 4 aromatic carbocycles. The first-order valence-corrected chi connectivity index (χ1v) is 14.1. The van der Waals surface area contributed by atoms with Crippen LogP contribution in [-0.2, 0) is 0 Å². The number of halogens is 4. The summed E-state index contributed by atoms with van der Waals surface area (Å²) in [6, 6.07) is 27.5. The highest BCUT2D eigenvalue weighted by Crippen LogP contribution is 2.33. The Morgan fingerprint density at radius 2 is 0.477 bits per heavy atom. The third-order valence-corrected chi connectivity index (χ3v) is 8.62. The summed E-state index contributed by atoms with van der Waals surface area (Å²) >= 11 is 0. The molecule has 44 heavy (non-hydrogen) atoms. The van der Waals surface area contributed by atoms with Gasteiger partial charge in [-0.1, -0.05) is 97.1 Å². The molecule has 4 N–H and O–H groups in total. The van der Waals surface area contributed by atoms with E-state index in [-0.39, 0.29) is 44.2 Å². The Balaban J connectivity index is 1.59. The van der Waals surface area contributed by atoms with Gasteiger partial charge in [0, 0.05) is 43.1 Å². The Kier molecular flexibility index (Phi) is 5.00. The number of aromatic nitrogens is 4. The lowest BCUT2D eigenvalue weighted by atomic mass is 10.1. The first-order valence-electron chi connectivity index (χ1n) is 14.1. The second kappa shape index (κ2) is 8.87. The fourth-order valence-electron chi connectivity index (χ4n) is 6.60. The van der Waals surface area contributed by atoms with Crippen LogP contribution in [0.1, 0.15) is 22.8 Å². The summed E-state index contributed by atoms with van der Waals surface area (Å²) < 4.78 is 66.9. The van der Waals surface area contributed by atoms with Gasteiger partial charge in [-0.3, -0.25) is 0 Å². The summed E-state index contributed by atoms with van der Waals surface area (Å²) in [7, 11) is 0. The summed E-state index contributed by atoms with van der Waals surface area (Å²) in [6.07, 6.45) is 0. The number of fused-ring (bicyclic) bond motifs is 20. The van der Waals surface area contributed by atoms with Gasteiger partial charge in [0.1, 0.15) is 0 Å². The highest BCUT2D eigenvalue weighted by atomic mass is 19.1. The molecule has 8 aromatic rings. The molecule has 0 atom stereocenters. The minimum absolute atomic E-state index is 0.0400. The molecule has 0 radical (unpaired) electrons. The molecular weight excluding hydrogens is 564 g/mol. The molecule has 0 unspecified atom stereocenters. The molecule has 0 saturated carbocycles. The maximum absolute atomic E-state index is 16.7. The minimum Gasteiger partial charge on any atom is -0.350 e. The zero-order valence-electron chi connectivity index (χ0n) is 22.7. The first-order chi connectivity index (χ1) is 21.5. The van der Waals surface area contributed by atoms with Crippen LogP contribution >= 0.6 is 0 Å². The standard InChI is InChI=1S/C36H20F4N4/c37-25-29-17-9-1-2-10-18(17)30(41-29)26(38)32-21-13-5-6-14-22(21)34(43-32)28(40)36-24-16-8-7-15-23(24)35(44-36)27(39)33-20-12-4-3-11-19(20)31(25)42-33/h1-16,41-44H. The van der Waals surface area contributed by atoms with Crippen molar-refractivity contribution in [3.63, 3.8) is 0 Å². The van der Waals surface area contributed by atoms with Crippen molar-refractivity contribution in [2.75, 3.05) is 0 Å². The number of H-pyrrole nitrogens is 4. The van der Waals surface area contributed by atoms with Crippen LogP contribution in [-0.4, -0.2) is 19.9 Å². The van der Waals surface area contributed by atoms with Crippen molar-refractivity contribution in [2.45, 2.75) is 0 Å². The number of hydrogen-bond donors (Lipinski definition) is 4. The monoisotopic (exact) mass is 584 g/mol. The van der Waals surface area contributed by atoms with Gasteiger partial charge in [0.05, 0.1) is 44.2 Å². The van der Waals surface area contributed by atoms with Crippen molar-refractivity contribution in [3.05, 3.63) is 141 Å². The maximum Gasteiger partial charge on any atom is 0.171 e. The molecule has 212 valence electrons. The highest BCUT2D eigenvalue weighted by molar-refractivity contribution is 6.02. The Hall–Kier alpha value is -5.76. The Labute approximate surface area is 245 Å². The van der Waals surface area contributed by atoms with Gasteiger partial charge < -0.3 is 19.9 Å². The van der Waals surface area contributed by atoms with Crippen LogP contribution in [0.15, 0.2) is 97.1 Å². The quantitative estimate of drug-likeness (QED) is 0.149. The topological polar surface area (TPSA) is 63.2 Å². The molecule has 1 aliphatic heterocycles. The van der Waals surface area contributed by atoms with Gasteiger partial charge in [-0.2, -0.15) is 0 Å². The van der Waals surface area contributed by atoms with Crippen LogP contribution in [0, 0.1) is 0 Å². The molecule has 0 fully saturated rings. The number of nitrogens with one attached hydrogen (secondary N) is 4. The second-order valence-electron chi connectivity index (χ2n) is 10.9. The van der Waals surface area contributed by atoms with Gasteiger partial charge in [-0.25, -0.2) is 17.6 Å². The van der Waals surface area contributed by atoms with E-state index in [1.165, 1.54) is 0 Å². The average molecular weight is 585 g/mol. The van der Waals surface area contributed by atoms with E-state index in [1.807, 2.05) is 0 Å². The molecule has 0 spiro atoms. The van der Waals surface area contributed by atoms with Gasteiger partial charge in [0.2, 0.25) is 0 Å². The van der Waals surface area contributed by atoms with Crippen LogP contribution in [0.4, 0.5) is 17.6 Å². The largest absolute Gasteiger partial charge is 0.350 e. The molecule has 9 rings (SSSR count). The normalized spacial score (nSPS) is 13.7. The minimum atomic E-state index is -0.698. The van der Waals surface area contributed by atoms with Gasteiger partial charge >= 0.3 is 0 Å². The van der Waals surface area contributed by atoms with Crippen molar-refractivity contribution >= 4 is 66.4 Å². The fourth-order valence-corrected chi connectivity index (χ4v) is 6.60. The first kappa shape index (κ1) is 24.8. The van der Waals surface area contributed by atoms with E-state index < -0.39 is 23.3 Å². The van der Waals surface area contributed by atoms with E-state index in [2.05, 4.69) is 19.9 Å². The zero-order chi connectivity index (χ0) is 29.7. The van der Waals surface area contributed by atoms with E-state index in [0.717, 1.165) is 0 Å². The summed E-state index contributed by atoms with van der Waals surface area (Å²) in [6.45, 7) is 0. The third-order valence-electron chi connectivity index (χ3n) is 8.62. The smallest absolute Gasteiger partial charge is 0.171 e. The van der Waals surface area contributed by atoms with Crippen molar-refractivity contribution in [1.82, 2.24) is 19.9 Å². The molecule has 0 saturated heterocycles. The molecule has 4 aromatic heterocycles. The lowest BCUT2D eigenvalue weighted by Crippen LogP contribution is -2.16. The molecule has 0 amide bonds. The molecule has 8 bridgehead atoms. The SMILES string of the molecule is FC1=c2[nH]c(c3ccccc23)=C(F)c2[nH]c(c3ccccc23)C(F)=c2[nH]c(c3ccccc23)=C(F)c2[nH]c1c1ccccc21. The molecular formula is C36H20F4N4. The second-order valence-corrected chi connectivity index (χ2v) is 10.9. The Bertz CT molecular complexity index is 2400. The van der Waals surface area contributed by atoms with Crippen molar-refractivity contribution in [3.8, 4) is 0 Å². The molecule has 4 nitrogen and oxygen atoms in total. The predicted molar refractivity (Wildman–Crippen MR) is 166 cm³/mol. The van der Waals surface area contributed by atoms with E-state index in [1.54, 1.807) is 97.1 Å². The van der Waals surface area contributed by atoms with Crippen LogP contribution < -0.4 is 21.4 Å². The number of hydrogen-bond acceptors (Lipinski definition) is 0. The van der Waals surface area contributed by atoms with Crippen LogP contribution in [0.3, 0.4) is 0 Å². The Morgan fingerprint density at radius 1 is 0.273 bits per heavy atom. The fraction of sp³-hybridized carbons (Fsp3) is 0. The van der Waals surface area contributed by atoms with E-state index in [4.69, 9.17) is 0 Å². The number of benzene rings is 4. The van der Waals surface area contributed by atoms with Crippen molar-refractivity contribution in [2.24, 2.45) is 0 Å². The Morgan fingerprint density at radius 3 is 0.705 bits per heavy atom. The highest BCUT2D eigenvalue weighted by Gasteiger charge is 2.23. The maximum atomic E-state index is 16.7. The van der Waals surface area contributed by atoms with E-state index in [0.29, 0.717) is 43.1 Å². The lowest BCUT2D eigenvalue weighted by molar-refractivity contribution is 0.729. The van der Waals surface area contributed by atoms with Gasteiger partial charge in [0.15, 0.2) is 23.3 Å². The predicted octanol–water partition coefficient (Wildman–Crippen LogP) is 6.43. The third kappa shape index (κ3) is 3.22.